The summed E-state index contributed by atoms with van der Waals surface area (Å²) in [7, 11) is 0. The van der Waals surface area contributed by atoms with Crippen LogP contribution in [0.15, 0.2) is 53.3 Å². The molecule has 0 atom stereocenters. The predicted octanol–water partition coefficient (Wildman–Crippen LogP) is 2.15. The summed E-state index contributed by atoms with van der Waals surface area (Å²) < 4.78 is 1.73. The van der Waals surface area contributed by atoms with Crippen molar-refractivity contribution in [3.05, 3.63) is 75.8 Å². The van der Waals surface area contributed by atoms with E-state index in [-0.39, 0.29) is 11.1 Å². The topological polar surface area (TPSA) is 75.4 Å². The van der Waals surface area contributed by atoms with Gasteiger partial charge in [-0.3, -0.25) is 14.3 Å². The summed E-state index contributed by atoms with van der Waals surface area (Å²) in [6.45, 7) is 3.02. The molecule has 132 valence electrons. The van der Waals surface area contributed by atoms with Gasteiger partial charge < -0.3 is 5.11 Å². The Morgan fingerprint density at radius 3 is 2.65 bits per heavy atom. The number of carboxylic acid groups (broad SMARTS) is 1. The number of hydrogen-bond donors (Lipinski definition) is 1. The molecule has 0 aliphatic carbocycles. The lowest BCUT2D eigenvalue weighted by molar-refractivity contribution is 0.0697. The summed E-state index contributed by atoms with van der Waals surface area (Å²) in [6.07, 6.45) is 0.662. The molecule has 0 amide bonds. The van der Waals surface area contributed by atoms with Crippen molar-refractivity contribution in [2.24, 2.45) is 0 Å². The van der Waals surface area contributed by atoms with Gasteiger partial charge in [0.2, 0.25) is 0 Å². The summed E-state index contributed by atoms with van der Waals surface area (Å²) in [5.74, 6) is -0.293. The van der Waals surface area contributed by atoms with E-state index in [2.05, 4.69) is 22.0 Å². The van der Waals surface area contributed by atoms with E-state index in [0.29, 0.717) is 23.9 Å². The number of nitrogens with zero attached hydrogens (tertiary/aromatic N) is 3. The Balaban J connectivity index is 1.65. The van der Waals surface area contributed by atoms with Gasteiger partial charge in [0.15, 0.2) is 0 Å². The van der Waals surface area contributed by atoms with Crippen molar-refractivity contribution in [3.8, 4) is 0 Å². The molecule has 1 N–H and O–H groups in total. The maximum Gasteiger partial charge on any atom is 0.335 e. The molecular weight excluding hydrogens is 330 g/mol. The van der Waals surface area contributed by atoms with Gasteiger partial charge in [0, 0.05) is 32.6 Å². The summed E-state index contributed by atoms with van der Waals surface area (Å²) in [4.78, 5) is 30.9. The molecule has 6 nitrogen and oxygen atoms in total. The van der Waals surface area contributed by atoms with Gasteiger partial charge in [0.1, 0.15) is 5.82 Å². The zero-order chi connectivity index (χ0) is 18.1. The highest BCUT2D eigenvalue weighted by Crippen LogP contribution is 2.15. The van der Waals surface area contributed by atoms with E-state index >= 15 is 0 Å². The van der Waals surface area contributed by atoms with Crippen LogP contribution in [0, 0.1) is 0 Å². The molecule has 0 saturated heterocycles. The van der Waals surface area contributed by atoms with Crippen molar-refractivity contribution in [2.45, 2.75) is 19.5 Å². The zero-order valence-corrected chi connectivity index (χ0v) is 14.3. The molecular formula is C20H19N3O3. The Kier molecular flexibility index (Phi) is 4.26. The lowest BCUT2D eigenvalue weighted by Crippen LogP contribution is -2.28. The van der Waals surface area contributed by atoms with Gasteiger partial charge in [-0.1, -0.05) is 30.3 Å². The molecule has 0 fully saturated rings. The highest BCUT2D eigenvalue weighted by molar-refractivity contribution is 5.92. The van der Waals surface area contributed by atoms with E-state index in [0.717, 1.165) is 25.5 Å². The van der Waals surface area contributed by atoms with Crippen LogP contribution in [-0.2, 0) is 19.5 Å². The van der Waals surface area contributed by atoms with Crippen molar-refractivity contribution in [1.82, 2.24) is 14.5 Å². The Morgan fingerprint density at radius 2 is 1.88 bits per heavy atom. The molecule has 0 radical (unpaired) electrons. The normalized spacial score (nSPS) is 14.8. The van der Waals surface area contributed by atoms with Crippen LogP contribution in [0.2, 0.25) is 0 Å². The highest BCUT2D eigenvalue weighted by Gasteiger charge is 2.18. The van der Waals surface area contributed by atoms with Gasteiger partial charge in [-0.2, -0.15) is 0 Å². The SMILES string of the molecule is O=C(O)c1ccc2c(=O)n3c(nc2c1)CCN(Cc1ccccc1)CC3. The van der Waals surface area contributed by atoms with Crippen molar-refractivity contribution in [1.29, 1.82) is 0 Å². The lowest BCUT2D eigenvalue weighted by atomic mass is 10.1. The maximum absolute atomic E-state index is 12.8. The fourth-order valence-electron chi connectivity index (χ4n) is 3.43. The molecule has 1 aromatic heterocycles. The minimum absolute atomic E-state index is 0.0940. The molecule has 6 heteroatoms. The molecule has 4 rings (SSSR count). The van der Waals surface area contributed by atoms with Crippen molar-refractivity contribution in [3.63, 3.8) is 0 Å². The van der Waals surface area contributed by atoms with E-state index in [1.165, 1.54) is 17.7 Å². The quantitative estimate of drug-likeness (QED) is 0.784. The third-order valence-electron chi connectivity index (χ3n) is 4.82. The van der Waals surface area contributed by atoms with Crippen LogP contribution < -0.4 is 5.56 Å². The Bertz CT molecular complexity index is 1030. The molecule has 0 unspecified atom stereocenters. The van der Waals surface area contributed by atoms with Crippen LogP contribution in [0.4, 0.5) is 0 Å². The van der Waals surface area contributed by atoms with Gasteiger partial charge in [-0.05, 0) is 23.8 Å². The fraction of sp³-hybridized carbons (Fsp3) is 0.250. The smallest absolute Gasteiger partial charge is 0.335 e. The Morgan fingerprint density at radius 1 is 1.08 bits per heavy atom. The molecule has 2 heterocycles. The molecule has 0 bridgehead atoms. The zero-order valence-electron chi connectivity index (χ0n) is 14.3. The molecule has 1 aliphatic rings. The van der Waals surface area contributed by atoms with Gasteiger partial charge in [-0.15, -0.1) is 0 Å². The first-order chi connectivity index (χ1) is 12.6. The highest BCUT2D eigenvalue weighted by atomic mass is 16.4. The minimum atomic E-state index is -1.02. The first-order valence-corrected chi connectivity index (χ1v) is 8.65. The Hall–Kier alpha value is -2.99. The van der Waals surface area contributed by atoms with Crippen molar-refractivity contribution < 1.29 is 9.90 Å². The number of aromatic carboxylic acids is 1. The van der Waals surface area contributed by atoms with Crippen LogP contribution in [-0.4, -0.2) is 38.6 Å². The minimum Gasteiger partial charge on any atom is -0.478 e. The van der Waals surface area contributed by atoms with E-state index in [4.69, 9.17) is 5.11 Å². The second-order valence-corrected chi connectivity index (χ2v) is 6.53. The van der Waals surface area contributed by atoms with Crippen LogP contribution in [0.5, 0.6) is 0 Å². The van der Waals surface area contributed by atoms with Gasteiger partial charge in [-0.25, -0.2) is 9.78 Å². The standard InChI is InChI=1S/C20H19N3O3/c24-19-16-7-6-15(20(25)26)12-17(16)21-18-8-9-22(10-11-23(18)19)13-14-4-2-1-3-5-14/h1-7,12H,8-11,13H2,(H,25,26). The molecule has 2 aromatic carbocycles. The molecule has 26 heavy (non-hydrogen) atoms. The first kappa shape index (κ1) is 16.5. The number of fused-ring (bicyclic) bond motifs is 2. The number of benzene rings is 2. The van der Waals surface area contributed by atoms with Crippen molar-refractivity contribution in [2.75, 3.05) is 13.1 Å². The summed E-state index contributed by atoms with van der Waals surface area (Å²) in [5, 5.41) is 9.62. The van der Waals surface area contributed by atoms with Crippen LogP contribution in [0.25, 0.3) is 10.9 Å². The van der Waals surface area contributed by atoms with Crippen LogP contribution in [0.3, 0.4) is 0 Å². The lowest BCUT2D eigenvalue weighted by Gasteiger charge is -2.19. The van der Waals surface area contributed by atoms with Gasteiger partial charge >= 0.3 is 5.97 Å². The van der Waals surface area contributed by atoms with Crippen LogP contribution >= 0.6 is 0 Å². The summed E-state index contributed by atoms with van der Waals surface area (Å²) >= 11 is 0. The third-order valence-corrected chi connectivity index (χ3v) is 4.82. The maximum atomic E-state index is 12.8. The summed E-state index contributed by atoms with van der Waals surface area (Å²) in [5.41, 5.74) is 1.75. The van der Waals surface area contributed by atoms with E-state index in [1.807, 2.05) is 18.2 Å². The van der Waals surface area contributed by atoms with E-state index < -0.39 is 5.97 Å². The fourth-order valence-corrected chi connectivity index (χ4v) is 3.43. The van der Waals surface area contributed by atoms with Gasteiger partial charge in [0.05, 0.1) is 16.5 Å². The monoisotopic (exact) mass is 349 g/mol. The third kappa shape index (κ3) is 3.11. The number of carboxylic acids is 1. The molecule has 3 aromatic rings. The Labute approximate surface area is 150 Å². The van der Waals surface area contributed by atoms with Crippen molar-refractivity contribution >= 4 is 16.9 Å². The second kappa shape index (κ2) is 6.72. The first-order valence-electron chi connectivity index (χ1n) is 8.65. The number of aromatic nitrogens is 2. The number of carbonyl (C=O) groups is 1. The van der Waals surface area contributed by atoms with E-state index in [9.17, 15) is 9.59 Å². The second-order valence-electron chi connectivity index (χ2n) is 6.53. The molecule has 0 saturated carbocycles. The summed E-state index contributed by atoms with van der Waals surface area (Å²) in [6, 6.07) is 14.8. The average molecular weight is 349 g/mol. The number of hydrogen-bond acceptors (Lipinski definition) is 4. The largest absolute Gasteiger partial charge is 0.478 e. The average Bonchev–Trinajstić information content (AvgIpc) is 2.85. The number of rotatable bonds is 3. The predicted molar refractivity (Wildman–Crippen MR) is 98.4 cm³/mol. The molecule has 0 spiro atoms. The van der Waals surface area contributed by atoms with Gasteiger partial charge in [0.25, 0.3) is 5.56 Å². The van der Waals surface area contributed by atoms with E-state index in [1.54, 1.807) is 10.6 Å². The molecule has 1 aliphatic heterocycles. The van der Waals surface area contributed by atoms with Crippen LogP contribution in [0.1, 0.15) is 21.7 Å².